The molecule has 0 saturated carbocycles. The lowest BCUT2D eigenvalue weighted by Gasteiger charge is -2.28. The van der Waals surface area contributed by atoms with E-state index in [2.05, 4.69) is 5.32 Å². The zero-order valence-corrected chi connectivity index (χ0v) is 13.7. The molecule has 1 amide bonds. The Bertz CT molecular complexity index is 650. The van der Waals surface area contributed by atoms with Gasteiger partial charge in [0.15, 0.2) is 0 Å². The maximum atomic E-state index is 13.4. The van der Waals surface area contributed by atoms with Gasteiger partial charge < -0.3 is 10.4 Å². The van der Waals surface area contributed by atoms with Crippen molar-refractivity contribution in [3.63, 3.8) is 0 Å². The van der Waals surface area contributed by atoms with E-state index in [4.69, 9.17) is 0 Å². The van der Waals surface area contributed by atoms with Crippen molar-refractivity contribution in [3.8, 4) is 0 Å². The number of halogens is 1. The molecule has 0 radical (unpaired) electrons. The number of nitrogens with one attached hydrogen (secondary N) is 1. The van der Waals surface area contributed by atoms with Crippen LogP contribution in [0.5, 0.6) is 0 Å². The van der Waals surface area contributed by atoms with Crippen LogP contribution < -0.4 is 5.32 Å². The SMILES string of the molecule is CC(O)(CNC(=O)C(C)(C)c1cccc(F)c1)c1ccsc1. The van der Waals surface area contributed by atoms with Crippen LogP contribution >= 0.6 is 11.3 Å². The molecule has 1 heterocycles. The minimum Gasteiger partial charge on any atom is -0.384 e. The summed E-state index contributed by atoms with van der Waals surface area (Å²) < 4.78 is 13.4. The van der Waals surface area contributed by atoms with Crippen LogP contribution in [0, 0.1) is 5.82 Å². The van der Waals surface area contributed by atoms with Gasteiger partial charge in [0.1, 0.15) is 11.4 Å². The first-order valence-corrected chi connectivity index (χ1v) is 7.97. The molecule has 0 aliphatic rings. The van der Waals surface area contributed by atoms with Crippen LogP contribution in [0.2, 0.25) is 0 Å². The van der Waals surface area contributed by atoms with Gasteiger partial charge in [-0.15, -0.1) is 0 Å². The number of aliphatic hydroxyl groups is 1. The van der Waals surface area contributed by atoms with Crippen LogP contribution in [0.4, 0.5) is 4.39 Å². The fourth-order valence-electron chi connectivity index (χ4n) is 2.15. The van der Waals surface area contributed by atoms with Gasteiger partial charge in [-0.25, -0.2) is 4.39 Å². The van der Waals surface area contributed by atoms with Crippen molar-refractivity contribution in [2.45, 2.75) is 31.8 Å². The standard InChI is InChI=1S/C17H20FNO2S/c1-16(2,12-5-4-6-14(18)9-12)15(20)19-11-17(3,21)13-7-8-22-10-13/h4-10,21H,11H2,1-3H3,(H,19,20). The average molecular weight is 321 g/mol. The molecule has 0 saturated heterocycles. The Morgan fingerprint density at radius 3 is 2.59 bits per heavy atom. The Morgan fingerprint density at radius 1 is 1.27 bits per heavy atom. The lowest BCUT2D eigenvalue weighted by molar-refractivity contribution is -0.126. The smallest absolute Gasteiger partial charge is 0.230 e. The molecule has 1 unspecified atom stereocenters. The Labute approximate surface area is 133 Å². The molecule has 1 aromatic carbocycles. The second-order valence-corrected chi connectivity index (χ2v) is 6.88. The molecule has 1 atom stereocenters. The number of amides is 1. The zero-order valence-electron chi connectivity index (χ0n) is 12.9. The van der Waals surface area contributed by atoms with Gasteiger partial charge in [-0.05, 0) is 60.9 Å². The Kier molecular flexibility index (Phi) is 4.68. The Hall–Kier alpha value is -1.72. The predicted octanol–water partition coefficient (Wildman–Crippen LogP) is 3.19. The molecule has 0 spiro atoms. The molecule has 1 aromatic heterocycles. The van der Waals surface area contributed by atoms with E-state index in [0.29, 0.717) is 5.56 Å². The summed E-state index contributed by atoms with van der Waals surface area (Å²) in [7, 11) is 0. The van der Waals surface area contributed by atoms with E-state index in [1.165, 1.54) is 23.5 Å². The first kappa shape index (κ1) is 16.6. The fourth-order valence-corrected chi connectivity index (χ4v) is 2.94. The largest absolute Gasteiger partial charge is 0.384 e. The second kappa shape index (κ2) is 6.18. The second-order valence-electron chi connectivity index (χ2n) is 6.10. The summed E-state index contributed by atoms with van der Waals surface area (Å²) in [5.74, 6) is -0.628. The molecule has 0 bridgehead atoms. The molecule has 2 N–H and O–H groups in total. The number of rotatable bonds is 5. The summed E-state index contributed by atoms with van der Waals surface area (Å²) in [6, 6.07) is 7.84. The van der Waals surface area contributed by atoms with Crippen molar-refractivity contribution in [1.29, 1.82) is 0 Å². The number of hydrogen-bond donors (Lipinski definition) is 2. The van der Waals surface area contributed by atoms with Gasteiger partial charge in [0.05, 0.1) is 12.0 Å². The van der Waals surface area contributed by atoms with E-state index in [1.807, 2.05) is 16.8 Å². The first-order valence-electron chi connectivity index (χ1n) is 7.03. The molecular formula is C17H20FNO2S. The summed E-state index contributed by atoms with van der Waals surface area (Å²) in [6.45, 7) is 5.22. The predicted molar refractivity (Wildman–Crippen MR) is 86.3 cm³/mol. The summed E-state index contributed by atoms with van der Waals surface area (Å²) >= 11 is 1.49. The van der Waals surface area contributed by atoms with Crippen LogP contribution in [0.3, 0.4) is 0 Å². The molecule has 118 valence electrons. The number of thiophene rings is 1. The highest BCUT2D eigenvalue weighted by Gasteiger charge is 2.32. The third-order valence-electron chi connectivity index (χ3n) is 3.85. The summed E-state index contributed by atoms with van der Waals surface area (Å²) in [5, 5.41) is 16.9. The van der Waals surface area contributed by atoms with Gasteiger partial charge in [0.2, 0.25) is 5.91 Å². The number of carbonyl (C=O) groups is 1. The molecule has 2 rings (SSSR count). The van der Waals surface area contributed by atoms with Gasteiger partial charge in [-0.1, -0.05) is 12.1 Å². The highest BCUT2D eigenvalue weighted by atomic mass is 32.1. The highest BCUT2D eigenvalue weighted by Crippen LogP contribution is 2.26. The Morgan fingerprint density at radius 2 is 2.00 bits per heavy atom. The molecule has 2 aromatic rings. The third kappa shape index (κ3) is 3.54. The van der Waals surface area contributed by atoms with Crippen LogP contribution in [-0.2, 0) is 15.8 Å². The van der Waals surface area contributed by atoms with Crippen molar-refractivity contribution in [3.05, 3.63) is 58.0 Å². The van der Waals surface area contributed by atoms with Crippen molar-refractivity contribution in [1.82, 2.24) is 5.32 Å². The lowest BCUT2D eigenvalue weighted by atomic mass is 9.83. The molecule has 0 aliphatic carbocycles. The van der Waals surface area contributed by atoms with E-state index in [0.717, 1.165) is 5.56 Å². The summed E-state index contributed by atoms with van der Waals surface area (Å²) in [5.41, 5.74) is -0.651. The van der Waals surface area contributed by atoms with Gasteiger partial charge in [-0.3, -0.25) is 4.79 Å². The Balaban J connectivity index is 2.08. The minimum atomic E-state index is -1.13. The van der Waals surface area contributed by atoms with E-state index in [1.54, 1.807) is 32.9 Å². The molecule has 0 fully saturated rings. The van der Waals surface area contributed by atoms with Crippen molar-refractivity contribution in [2.24, 2.45) is 0 Å². The molecule has 22 heavy (non-hydrogen) atoms. The van der Waals surface area contributed by atoms with Gasteiger partial charge >= 0.3 is 0 Å². The maximum absolute atomic E-state index is 13.4. The number of hydrogen-bond acceptors (Lipinski definition) is 3. The third-order valence-corrected chi connectivity index (χ3v) is 4.53. The normalized spacial score (nSPS) is 14.4. The van der Waals surface area contributed by atoms with E-state index in [9.17, 15) is 14.3 Å². The zero-order chi connectivity index (χ0) is 16.4. The van der Waals surface area contributed by atoms with Crippen LogP contribution in [-0.4, -0.2) is 17.6 Å². The van der Waals surface area contributed by atoms with Crippen molar-refractivity contribution in [2.75, 3.05) is 6.54 Å². The summed E-state index contributed by atoms with van der Waals surface area (Å²) in [4.78, 5) is 12.5. The molecule has 0 aliphatic heterocycles. The molecular weight excluding hydrogens is 301 g/mol. The summed E-state index contributed by atoms with van der Waals surface area (Å²) in [6.07, 6.45) is 0. The van der Waals surface area contributed by atoms with Gasteiger partial charge in [0.25, 0.3) is 0 Å². The monoisotopic (exact) mass is 321 g/mol. The fraction of sp³-hybridized carbons (Fsp3) is 0.353. The highest BCUT2D eigenvalue weighted by molar-refractivity contribution is 7.08. The number of benzene rings is 1. The molecule has 3 nitrogen and oxygen atoms in total. The van der Waals surface area contributed by atoms with Crippen LogP contribution in [0.1, 0.15) is 31.9 Å². The van der Waals surface area contributed by atoms with Gasteiger partial charge in [-0.2, -0.15) is 11.3 Å². The lowest BCUT2D eigenvalue weighted by Crippen LogP contribution is -2.45. The first-order chi connectivity index (χ1) is 10.2. The number of carbonyl (C=O) groups excluding carboxylic acids is 1. The topological polar surface area (TPSA) is 49.3 Å². The van der Waals surface area contributed by atoms with E-state index >= 15 is 0 Å². The van der Waals surface area contributed by atoms with E-state index < -0.39 is 11.0 Å². The average Bonchev–Trinajstić information content (AvgIpc) is 2.99. The molecule has 5 heteroatoms. The minimum absolute atomic E-state index is 0.0985. The quantitative estimate of drug-likeness (QED) is 0.888. The van der Waals surface area contributed by atoms with Crippen molar-refractivity contribution >= 4 is 17.2 Å². The van der Waals surface area contributed by atoms with Crippen LogP contribution in [0.25, 0.3) is 0 Å². The van der Waals surface area contributed by atoms with Crippen LogP contribution in [0.15, 0.2) is 41.1 Å². The van der Waals surface area contributed by atoms with Crippen molar-refractivity contribution < 1.29 is 14.3 Å². The van der Waals surface area contributed by atoms with Gasteiger partial charge in [0, 0.05) is 0 Å². The van der Waals surface area contributed by atoms with E-state index in [-0.39, 0.29) is 18.3 Å². The maximum Gasteiger partial charge on any atom is 0.230 e.